The highest BCUT2D eigenvalue weighted by atomic mass is 16.1. The number of rotatable bonds is 6. The Morgan fingerprint density at radius 1 is 1.26 bits per heavy atom. The molecule has 0 bridgehead atoms. The highest BCUT2D eigenvalue weighted by Gasteiger charge is 2.22. The minimum Gasteiger partial charge on any atom is -0.330 e. The van der Waals surface area contributed by atoms with Gasteiger partial charge in [0.15, 0.2) is 5.78 Å². The second-order valence-corrected chi connectivity index (χ2v) is 6.18. The van der Waals surface area contributed by atoms with E-state index in [0.29, 0.717) is 12.5 Å². The fourth-order valence-corrected chi connectivity index (χ4v) is 2.78. The van der Waals surface area contributed by atoms with Gasteiger partial charge in [0.05, 0.1) is 0 Å². The van der Waals surface area contributed by atoms with Crippen LogP contribution >= 0.6 is 0 Å². The Bertz CT molecular complexity index is 417. The average molecular weight is 259 g/mol. The maximum absolute atomic E-state index is 12.4. The van der Waals surface area contributed by atoms with E-state index in [1.54, 1.807) is 0 Å². The van der Waals surface area contributed by atoms with Crippen LogP contribution in [0.3, 0.4) is 0 Å². The van der Waals surface area contributed by atoms with Gasteiger partial charge in [0.1, 0.15) is 0 Å². The van der Waals surface area contributed by atoms with Gasteiger partial charge in [-0.25, -0.2) is 0 Å². The molecule has 1 aliphatic rings. The molecule has 0 aliphatic heterocycles. The van der Waals surface area contributed by atoms with Gasteiger partial charge in [0.25, 0.3) is 0 Å². The summed E-state index contributed by atoms with van der Waals surface area (Å²) < 4.78 is 0. The van der Waals surface area contributed by atoms with E-state index < -0.39 is 0 Å². The topological polar surface area (TPSA) is 43.1 Å². The summed E-state index contributed by atoms with van der Waals surface area (Å²) in [5.41, 5.74) is 7.95. The summed E-state index contributed by atoms with van der Waals surface area (Å²) in [6.45, 7) is 4.71. The quantitative estimate of drug-likeness (QED) is 0.790. The van der Waals surface area contributed by atoms with Crippen LogP contribution in [0.25, 0.3) is 0 Å². The summed E-state index contributed by atoms with van der Waals surface area (Å²) in [4.78, 5) is 12.4. The molecule has 2 nitrogen and oxygen atoms in total. The fraction of sp³-hybridized carbons (Fsp3) is 0.588. The van der Waals surface area contributed by atoms with Gasteiger partial charge >= 0.3 is 0 Å². The van der Waals surface area contributed by atoms with E-state index in [1.165, 1.54) is 24.8 Å². The van der Waals surface area contributed by atoms with Crippen molar-refractivity contribution >= 4 is 5.78 Å². The van der Waals surface area contributed by atoms with E-state index in [-0.39, 0.29) is 11.7 Å². The third-order valence-electron chi connectivity index (χ3n) is 4.18. The first kappa shape index (κ1) is 14.3. The Morgan fingerprint density at radius 3 is 2.32 bits per heavy atom. The molecule has 1 atom stereocenters. The summed E-state index contributed by atoms with van der Waals surface area (Å²) in [6, 6.07) is 8.22. The molecule has 1 aliphatic carbocycles. The molecule has 0 radical (unpaired) electrons. The van der Waals surface area contributed by atoms with Crippen molar-refractivity contribution in [2.24, 2.45) is 17.6 Å². The van der Waals surface area contributed by atoms with Crippen LogP contribution in [0.4, 0.5) is 0 Å². The van der Waals surface area contributed by atoms with Gasteiger partial charge in [0.2, 0.25) is 0 Å². The molecule has 104 valence electrons. The van der Waals surface area contributed by atoms with Crippen LogP contribution in [-0.4, -0.2) is 12.3 Å². The van der Waals surface area contributed by atoms with E-state index >= 15 is 0 Å². The van der Waals surface area contributed by atoms with Crippen molar-refractivity contribution in [2.75, 3.05) is 6.54 Å². The Kier molecular flexibility index (Phi) is 4.76. The second-order valence-electron chi connectivity index (χ2n) is 6.18. The molecule has 1 fully saturated rings. The predicted octanol–water partition coefficient (Wildman–Crippen LogP) is 3.76. The van der Waals surface area contributed by atoms with Crippen molar-refractivity contribution in [3.8, 4) is 0 Å². The predicted molar refractivity (Wildman–Crippen MR) is 79.4 cm³/mol. The van der Waals surface area contributed by atoms with Crippen molar-refractivity contribution in [3.63, 3.8) is 0 Å². The van der Waals surface area contributed by atoms with E-state index in [4.69, 9.17) is 5.73 Å². The molecule has 2 heteroatoms. The number of benzene rings is 1. The number of carbonyl (C=O) groups excluding carboxylic acids is 1. The minimum atomic E-state index is -0.0328. The first-order valence-electron chi connectivity index (χ1n) is 7.46. The van der Waals surface area contributed by atoms with Crippen LogP contribution in [0.15, 0.2) is 24.3 Å². The number of hydrogen-bond donors (Lipinski definition) is 1. The molecule has 0 saturated heterocycles. The zero-order chi connectivity index (χ0) is 13.8. The number of ketones is 1. The lowest BCUT2D eigenvalue weighted by Crippen LogP contribution is -2.25. The van der Waals surface area contributed by atoms with Crippen molar-refractivity contribution in [2.45, 2.75) is 45.4 Å². The molecule has 0 heterocycles. The lowest BCUT2D eigenvalue weighted by molar-refractivity contribution is 0.0909. The van der Waals surface area contributed by atoms with Crippen molar-refractivity contribution in [1.29, 1.82) is 0 Å². The average Bonchev–Trinajstić information content (AvgIpc) is 2.34. The maximum atomic E-state index is 12.4. The summed E-state index contributed by atoms with van der Waals surface area (Å²) >= 11 is 0. The molecule has 19 heavy (non-hydrogen) atoms. The van der Waals surface area contributed by atoms with Crippen LogP contribution in [-0.2, 0) is 0 Å². The van der Waals surface area contributed by atoms with Crippen LogP contribution < -0.4 is 5.73 Å². The van der Waals surface area contributed by atoms with E-state index in [2.05, 4.69) is 26.0 Å². The van der Waals surface area contributed by atoms with Crippen LogP contribution in [0.5, 0.6) is 0 Å². The molecule has 1 saturated carbocycles. The molecule has 1 aromatic carbocycles. The lowest BCUT2D eigenvalue weighted by Gasteiger charge is -2.26. The molecule has 2 rings (SSSR count). The normalized spacial score (nSPS) is 17.3. The van der Waals surface area contributed by atoms with Gasteiger partial charge in [-0.2, -0.15) is 0 Å². The van der Waals surface area contributed by atoms with E-state index in [9.17, 15) is 4.79 Å². The van der Waals surface area contributed by atoms with Crippen LogP contribution in [0, 0.1) is 11.8 Å². The van der Waals surface area contributed by atoms with Gasteiger partial charge in [-0.15, -0.1) is 0 Å². The van der Waals surface area contributed by atoms with Gasteiger partial charge in [-0.05, 0) is 36.7 Å². The Hall–Kier alpha value is -1.15. The lowest BCUT2D eigenvalue weighted by atomic mass is 9.79. The van der Waals surface area contributed by atoms with Gasteiger partial charge in [-0.3, -0.25) is 4.79 Å². The summed E-state index contributed by atoms with van der Waals surface area (Å²) in [5, 5.41) is 0. The van der Waals surface area contributed by atoms with Crippen molar-refractivity contribution < 1.29 is 4.79 Å². The van der Waals surface area contributed by atoms with Gasteiger partial charge < -0.3 is 5.73 Å². The number of hydrogen-bond acceptors (Lipinski definition) is 2. The minimum absolute atomic E-state index is 0.0328. The largest absolute Gasteiger partial charge is 0.330 e. The van der Waals surface area contributed by atoms with E-state index in [0.717, 1.165) is 17.9 Å². The first-order valence-corrected chi connectivity index (χ1v) is 7.46. The summed E-state index contributed by atoms with van der Waals surface area (Å²) in [6.07, 6.45) is 4.81. The SMILES string of the molecule is CC(C)CC(CN)C(=O)c1ccc(C2CCC2)cc1. The van der Waals surface area contributed by atoms with Gasteiger partial charge in [0, 0.05) is 18.0 Å². The Balaban J connectivity index is 2.05. The number of Topliss-reactive ketones (excluding diaryl/α,β-unsaturated/α-hetero) is 1. The smallest absolute Gasteiger partial charge is 0.167 e. The molecular formula is C17H25NO. The molecule has 1 aromatic rings. The fourth-order valence-electron chi connectivity index (χ4n) is 2.78. The third-order valence-corrected chi connectivity index (χ3v) is 4.18. The maximum Gasteiger partial charge on any atom is 0.167 e. The second kappa shape index (κ2) is 6.33. The summed E-state index contributed by atoms with van der Waals surface area (Å²) in [7, 11) is 0. The number of carbonyl (C=O) groups is 1. The Labute approximate surface area is 116 Å². The zero-order valence-corrected chi connectivity index (χ0v) is 12.1. The van der Waals surface area contributed by atoms with E-state index in [1.807, 2.05) is 12.1 Å². The van der Waals surface area contributed by atoms with Crippen LogP contribution in [0.2, 0.25) is 0 Å². The van der Waals surface area contributed by atoms with Crippen LogP contribution in [0.1, 0.15) is 61.4 Å². The zero-order valence-electron chi connectivity index (χ0n) is 12.1. The van der Waals surface area contributed by atoms with Crippen molar-refractivity contribution in [1.82, 2.24) is 0 Å². The monoisotopic (exact) mass is 259 g/mol. The molecule has 2 N–H and O–H groups in total. The molecule has 0 amide bonds. The first-order chi connectivity index (χ1) is 9.11. The van der Waals surface area contributed by atoms with Crippen molar-refractivity contribution in [3.05, 3.63) is 35.4 Å². The van der Waals surface area contributed by atoms with Gasteiger partial charge in [-0.1, -0.05) is 44.5 Å². The molecule has 1 unspecified atom stereocenters. The molecule has 0 aromatic heterocycles. The third kappa shape index (κ3) is 3.44. The number of nitrogens with two attached hydrogens (primary N) is 1. The highest BCUT2D eigenvalue weighted by molar-refractivity contribution is 5.98. The summed E-state index contributed by atoms with van der Waals surface area (Å²) in [5.74, 6) is 1.41. The highest BCUT2D eigenvalue weighted by Crippen LogP contribution is 2.36. The molecular weight excluding hydrogens is 234 g/mol. The standard InChI is InChI=1S/C17H25NO/c1-12(2)10-16(11-18)17(19)15-8-6-14(7-9-15)13-4-3-5-13/h6-9,12-13,16H,3-5,10-11,18H2,1-2H3. The Morgan fingerprint density at radius 2 is 1.89 bits per heavy atom. The molecule has 0 spiro atoms.